The molecule has 0 saturated heterocycles. The van der Waals surface area contributed by atoms with Crippen molar-refractivity contribution in [2.24, 2.45) is 5.73 Å². The number of nitrogens with two attached hydrogens (primary N) is 1. The van der Waals surface area contributed by atoms with Crippen LogP contribution in [0.25, 0.3) is 10.8 Å². The molecule has 0 aromatic heterocycles. The summed E-state index contributed by atoms with van der Waals surface area (Å²) in [5.74, 6) is -2.05. The minimum atomic E-state index is -2.89. The highest BCUT2D eigenvalue weighted by Gasteiger charge is 2.23. The smallest absolute Gasteiger partial charge is 0.270 e. The lowest BCUT2D eigenvalue weighted by atomic mass is 10.1. The molecule has 28 heavy (non-hydrogen) atoms. The van der Waals surface area contributed by atoms with Crippen LogP contribution in [0.5, 0.6) is 11.5 Å². The molecule has 6 heteroatoms. The van der Waals surface area contributed by atoms with Gasteiger partial charge in [-0.25, -0.2) is 8.78 Å². The van der Waals surface area contributed by atoms with Crippen molar-refractivity contribution in [1.82, 2.24) is 5.32 Å². The van der Waals surface area contributed by atoms with Gasteiger partial charge in [0.25, 0.3) is 11.8 Å². The zero-order chi connectivity index (χ0) is 20.3. The van der Waals surface area contributed by atoms with Crippen LogP contribution >= 0.6 is 0 Å². The highest BCUT2D eigenvalue weighted by atomic mass is 19.3. The van der Waals surface area contributed by atoms with Crippen molar-refractivity contribution in [2.45, 2.75) is 25.8 Å². The lowest BCUT2D eigenvalue weighted by Crippen LogP contribution is -2.37. The second-order valence-corrected chi connectivity index (χ2v) is 6.82. The molecule has 3 rings (SSSR count). The number of alkyl halides is 2. The number of carbonyl (C=O) groups excluding carboxylic acids is 1. The van der Waals surface area contributed by atoms with Crippen molar-refractivity contribution in [1.29, 1.82) is 0 Å². The number of amides is 1. The number of fused-ring (bicyclic) bond motifs is 1. The van der Waals surface area contributed by atoms with Crippen LogP contribution in [0.1, 0.15) is 29.8 Å². The molecule has 0 saturated carbocycles. The molecule has 0 heterocycles. The van der Waals surface area contributed by atoms with Gasteiger partial charge in [-0.2, -0.15) is 0 Å². The molecular formula is C22H22F2N2O2. The number of rotatable bonds is 6. The first-order chi connectivity index (χ1) is 13.3. The fourth-order valence-corrected chi connectivity index (χ4v) is 2.79. The molecule has 3 N–H and O–H groups in total. The Hall–Kier alpha value is -2.99. The molecule has 1 unspecified atom stereocenters. The van der Waals surface area contributed by atoms with Gasteiger partial charge in [0.2, 0.25) is 0 Å². The summed E-state index contributed by atoms with van der Waals surface area (Å²) in [6.07, 6.45) is 0. The summed E-state index contributed by atoms with van der Waals surface area (Å²) in [6.45, 7) is 3.06. The monoisotopic (exact) mass is 384 g/mol. The topological polar surface area (TPSA) is 64.3 Å². The average Bonchev–Trinajstić information content (AvgIpc) is 2.67. The van der Waals surface area contributed by atoms with Crippen molar-refractivity contribution >= 4 is 16.7 Å². The number of nitrogens with one attached hydrogen (secondary N) is 1. The third-order valence-electron chi connectivity index (χ3n) is 4.42. The van der Waals surface area contributed by atoms with E-state index in [2.05, 4.69) is 5.32 Å². The van der Waals surface area contributed by atoms with Crippen LogP contribution in [0, 0.1) is 0 Å². The predicted molar refractivity (Wildman–Crippen MR) is 106 cm³/mol. The summed E-state index contributed by atoms with van der Waals surface area (Å²) in [4.78, 5) is 12.3. The van der Waals surface area contributed by atoms with E-state index < -0.39 is 5.92 Å². The Kier molecular flexibility index (Phi) is 5.61. The maximum Gasteiger partial charge on any atom is 0.270 e. The number of halogens is 2. The predicted octanol–water partition coefficient (Wildman–Crippen LogP) is 4.82. The van der Waals surface area contributed by atoms with Crippen LogP contribution in [-0.2, 0) is 5.92 Å². The van der Waals surface area contributed by atoms with E-state index in [9.17, 15) is 13.6 Å². The number of ether oxygens (including phenoxy) is 1. The van der Waals surface area contributed by atoms with Gasteiger partial charge in [-0.15, -0.1) is 0 Å². The Balaban J connectivity index is 1.85. The van der Waals surface area contributed by atoms with E-state index in [0.717, 1.165) is 17.7 Å². The summed E-state index contributed by atoms with van der Waals surface area (Å²) < 4.78 is 32.6. The standard InChI is InChI=1S/C22H22F2N2O2/c1-14(13-25)26-21(27)16-6-11-19-15(12-16)4-3-5-20(19)28-18-9-7-17(8-10-18)22(2,23)24/h3-12,14H,13,25H2,1-2H3,(H,26,27). The van der Waals surface area contributed by atoms with Gasteiger partial charge in [0.1, 0.15) is 11.5 Å². The molecule has 0 fully saturated rings. The zero-order valence-electron chi connectivity index (χ0n) is 15.7. The quantitative estimate of drug-likeness (QED) is 0.640. The third kappa shape index (κ3) is 4.46. The fraction of sp³-hybridized carbons (Fsp3) is 0.227. The number of hydrogen-bond acceptors (Lipinski definition) is 3. The third-order valence-corrected chi connectivity index (χ3v) is 4.42. The molecule has 0 spiro atoms. The van der Waals surface area contributed by atoms with E-state index in [1.165, 1.54) is 24.3 Å². The Labute approximate surface area is 162 Å². The Bertz CT molecular complexity index is 982. The van der Waals surface area contributed by atoms with E-state index in [1.54, 1.807) is 24.3 Å². The Morgan fingerprint density at radius 1 is 1.14 bits per heavy atom. The molecule has 4 nitrogen and oxygen atoms in total. The minimum absolute atomic E-state index is 0.0693. The summed E-state index contributed by atoms with van der Waals surface area (Å²) in [7, 11) is 0. The van der Waals surface area contributed by atoms with Gasteiger partial charge in [-0.3, -0.25) is 4.79 Å². The van der Waals surface area contributed by atoms with Crippen LogP contribution in [0.2, 0.25) is 0 Å². The molecule has 146 valence electrons. The molecule has 0 bridgehead atoms. The second kappa shape index (κ2) is 7.94. The van der Waals surface area contributed by atoms with E-state index in [1.807, 2.05) is 19.1 Å². The van der Waals surface area contributed by atoms with Gasteiger partial charge < -0.3 is 15.8 Å². The first kappa shape index (κ1) is 19.8. The van der Waals surface area contributed by atoms with E-state index in [0.29, 0.717) is 23.6 Å². The minimum Gasteiger partial charge on any atom is -0.457 e. The van der Waals surface area contributed by atoms with Gasteiger partial charge in [-0.05, 0) is 60.8 Å². The molecule has 0 radical (unpaired) electrons. The van der Waals surface area contributed by atoms with Gasteiger partial charge >= 0.3 is 0 Å². The highest BCUT2D eigenvalue weighted by Crippen LogP contribution is 2.33. The molecule has 1 amide bonds. The molecule has 3 aromatic rings. The summed E-state index contributed by atoms with van der Waals surface area (Å²) >= 11 is 0. The average molecular weight is 384 g/mol. The second-order valence-electron chi connectivity index (χ2n) is 6.82. The number of hydrogen-bond donors (Lipinski definition) is 2. The molecule has 1 atom stereocenters. The zero-order valence-corrected chi connectivity index (χ0v) is 15.7. The van der Waals surface area contributed by atoms with Crippen molar-refractivity contribution in [2.75, 3.05) is 6.54 Å². The lowest BCUT2D eigenvalue weighted by Gasteiger charge is -2.14. The van der Waals surface area contributed by atoms with Crippen molar-refractivity contribution in [3.8, 4) is 11.5 Å². The van der Waals surface area contributed by atoms with Crippen LogP contribution < -0.4 is 15.8 Å². The lowest BCUT2D eigenvalue weighted by molar-refractivity contribution is 0.0174. The van der Waals surface area contributed by atoms with Gasteiger partial charge in [0, 0.05) is 36.0 Å². The molecule has 0 aliphatic carbocycles. The van der Waals surface area contributed by atoms with Crippen molar-refractivity contribution in [3.63, 3.8) is 0 Å². The molecule has 3 aromatic carbocycles. The maximum atomic E-state index is 13.3. The fourth-order valence-electron chi connectivity index (χ4n) is 2.79. The number of carbonyl (C=O) groups is 1. The van der Waals surface area contributed by atoms with E-state index in [-0.39, 0.29) is 17.5 Å². The van der Waals surface area contributed by atoms with Crippen LogP contribution in [0.3, 0.4) is 0 Å². The van der Waals surface area contributed by atoms with Crippen LogP contribution in [0.15, 0.2) is 60.7 Å². The summed E-state index contributed by atoms with van der Waals surface area (Å²) in [5, 5.41) is 4.48. The number of benzene rings is 3. The van der Waals surface area contributed by atoms with E-state index in [4.69, 9.17) is 10.5 Å². The van der Waals surface area contributed by atoms with Crippen molar-refractivity contribution < 1.29 is 18.3 Å². The van der Waals surface area contributed by atoms with Crippen LogP contribution in [-0.4, -0.2) is 18.5 Å². The largest absolute Gasteiger partial charge is 0.457 e. The summed E-state index contributed by atoms with van der Waals surface area (Å²) in [5.41, 5.74) is 6.00. The Morgan fingerprint density at radius 3 is 2.50 bits per heavy atom. The molecule has 0 aliphatic heterocycles. The molecule has 0 aliphatic rings. The van der Waals surface area contributed by atoms with Gasteiger partial charge in [0.15, 0.2) is 0 Å². The highest BCUT2D eigenvalue weighted by molar-refractivity contribution is 6.00. The van der Waals surface area contributed by atoms with Gasteiger partial charge in [0.05, 0.1) is 0 Å². The van der Waals surface area contributed by atoms with Gasteiger partial charge in [-0.1, -0.05) is 12.1 Å². The molecular weight excluding hydrogens is 362 g/mol. The van der Waals surface area contributed by atoms with E-state index >= 15 is 0 Å². The first-order valence-corrected chi connectivity index (χ1v) is 8.98. The maximum absolute atomic E-state index is 13.3. The van der Waals surface area contributed by atoms with Crippen LogP contribution in [0.4, 0.5) is 8.78 Å². The summed E-state index contributed by atoms with van der Waals surface area (Å²) in [6, 6.07) is 16.4. The SMILES string of the molecule is CC(CN)NC(=O)c1ccc2c(Oc3ccc(C(C)(F)F)cc3)cccc2c1. The van der Waals surface area contributed by atoms with Crippen molar-refractivity contribution in [3.05, 3.63) is 71.8 Å². The Morgan fingerprint density at radius 2 is 1.86 bits per heavy atom. The first-order valence-electron chi connectivity index (χ1n) is 8.98. The normalized spacial score (nSPS) is 12.6.